The number of nitrogens with zero attached hydrogens (tertiary/aromatic N) is 4. The first-order valence-electron chi connectivity index (χ1n) is 10.9. The minimum absolute atomic E-state index is 0.0586. The van der Waals surface area contributed by atoms with Crippen LogP contribution in [0.5, 0.6) is 11.6 Å². The highest BCUT2D eigenvalue weighted by Crippen LogP contribution is 2.26. The van der Waals surface area contributed by atoms with Crippen molar-refractivity contribution in [3.05, 3.63) is 65.5 Å². The molecule has 0 aliphatic rings. The first-order chi connectivity index (χ1) is 17.5. The van der Waals surface area contributed by atoms with Gasteiger partial charge in [-0.25, -0.2) is 14.5 Å². The van der Waals surface area contributed by atoms with Gasteiger partial charge in [0.2, 0.25) is 11.8 Å². The van der Waals surface area contributed by atoms with Gasteiger partial charge < -0.3 is 20.1 Å². The van der Waals surface area contributed by atoms with Crippen molar-refractivity contribution in [2.75, 3.05) is 12.4 Å². The van der Waals surface area contributed by atoms with Crippen LogP contribution in [-0.2, 0) is 11.3 Å². The van der Waals surface area contributed by atoms with Crippen LogP contribution in [0.3, 0.4) is 0 Å². The van der Waals surface area contributed by atoms with Gasteiger partial charge in [-0.2, -0.15) is 5.10 Å². The van der Waals surface area contributed by atoms with E-state index in [0.717, 1.165) is 0 Å². The molecule has 0 aliphatic carbocycles. The zero-order chi connectivity index (χ0) is 26.7. The minimum Gasteiger partial charge on any atom is -0.480 e. The van der Waals surface area contributed by atoms with Gasteiger partial charge in [-0.1, -0.05) is 12.1 Å². The van der Waals surface area contributed by atoms with E-state index >= 15 is 0 Å². The summed E-state index contributed by atoms with van der Waals surface area (Å²) in [5.74, 6) is -0.765. The monoisotopic (exact) mass is 514 g/mol. The Morgan fingerprint density at radius 1 is 1.14 bits per heavy atom. The normalized spacial score (nSPS) is 11.3. The lowest BCUT2D eigenvalue weighted by Gasteiger charge is -2.12. The van der Waals surface area contributed by atoms with Crippen LogP contribution in [-0.4, -0.2) is 44.9 Å². The van der Waals surface area contributed by atoms with E-state index in [9.17, 15) is 22.8 Å². The largest absolute Gasteiger partial charge is 0.573 e. The first kappa shape index (κ1) is 25.4. The number of amides is 2. The van der Waals surface area contributed by atoms with Crippen LogP contribution >= 0.6 is 0 Å². The van der Waals surface area contributed by atoms with Crippen LogP contribution in [0, 0.1) is 6.92 Å². The average Bonchev–Trinajstić information content (AvgIpc) is 3.15. The van der Waals surface area contributed by atoms with Gasteiger partial charge >= 0.3 is 6.36 Å². The van der Waals surface area contributed by atoms with Crippen LogP contribution in [0.2, 0.25) is 0 Å². The van der Waals surface area contributed by atoms with Gasteiger partial charge in [-0.15, -0.1) is 13.2 Å². The Labute approximate surface area is 208 Å². The van der Waals surface area contributed by atoms with Crippen molar-refractivity contribution < 1.29 is 32.2 Å². The molecule has 4 aromatic rings. The minimum atomic E-state index is -4.82. The maximum absolute atomic E-state index is 12.9. The van der Waals surface area contributed by atoms with Crippen molar-refractivity contribution in [2.24, 2.45) is 0 Å². The fourth-order valence-corrected chi connectivity index (χ4v) is 3.53. The summed E-state index contributed by atoms with van der Waals surface area (Å²) in [5, 5.41) is 9.84. The molecule has 192 valence electrons. The molecule has 13 heteroatoms. The number of ether oxygens (including phenoxy) is 2. The molecule has 2 amide bonds. The number of anilines is 1. The van der Waals surface area contributed by atoms with Gasteiger partial charge in [0.15, 0.2) is 11.5 Å². The molecule has 3 heterocycles. The van der Waals surface area contributed by atoms with Crippen molar-refractivity contribution in [3.8, 4) is 22.9 Å². The lowest BCUT2D eigenvalue weighted by Crippen LogP contribution is -2.24. The van der Waals surface area contributed by atoms with Crippen molar-refractivity contribution >= 4 is 23.3 Å². The zero-order valence-corrected chi connectivity index (χ0v) is 19.9. The van der Waals surface area contributed by atoms with E-state index < -0.39 is 18.0 Å². The lowest BCUT2D eigenvalue weighted by atomic mass is 10.1. The zero-order valence-electron chi connectivity index (χ0n) is 19.9. The highest BCUT2D eigenvalue weighted by atomic mass is 19.4. The Morgan fingerprint density at radius 2 is 1.92 bits per heavy atom. The topological polar surface area (TPSA) is 120 Å². The molecule has 0 bridgehead atoms. The summed E-state index contributed by atoms with van der Waals surface area (Å²) >= 11 is 0. The second-order valence-corrected chi connectivity index (χ2v) is 7.87. The van der Waals surface area contributed by atoms with E-state index in [1.54, 1.807) is 35.7 Å². The van der Waals surface area contributed by atoms with E-state index in [1.807, 2.05) is 0 Å². The van der Waals surface area contributed by atoms with Crippen LogP contribution in [0.15, 0.2) is 48.7 Å². The number of methoxy groups -OCH3 is 1. The van der Waals surface area contributed by atoms with Gasteiger partial charge in [0, 0.05) is 25.2 Å². The lowest BCUT2D eigenvalue weighted by molar-refractivity contribution is -0.274. The molecule has 0 fully saturated rings. The molecule has 10 nitrogen and oxygen atoms in total. The molecular formula is C24H21F3N6O4. The third kappa shape index (κ3) is 5.94. The highest BCUT2D eigenvalue weighted by Gasteiger charge is 2.31. The van der Waals surface area contributed by atoms with Crippen LogP contribution in [0.1, 0.15) is 28.5 Å². The summed E-state index contributed by atoms with van der Waals surface area (Å²) in [6.07, 6.45) is -3.33. The highest BCUT2D eigenvalue weighted by molar-refractivity contribution is 5.97. The summed E-state index contributed by atoms with van der Waals surface area (Å²) in [4.78, 5) is 32.9. The third-order valence-electron chi connectivity index (χ3n) is 5.17. The van der Waals surface area contributed by atoms with E-state index in [4.69, 9.17) is 4.74 Å². The summed E-state index contributed by atoms with van der Waals surface area (Å²) in [5.41, 5.74) is 2.61. The molecule has 0 aliphatic heterocycles. The number of aromatic nitrogens is 4. The number of imidazole rings is 1. The predicted octanol–water partition coefficient (Wildman–Crippen LogP) is 3.90. The fraction of sp³-hybridized carbons (Fsp3) is 0.208. The summed E-state index contributed by atoms with van der Waals surface area (Å²) in [6, 6.07) is 10.2. The molecule has 0 atom stereocenters. The Kier molecular flexibility index (Phi) is 6.96. The Morgan fingerprint density at radius 3 is 2.62 bits per heavy atom. The van der Waals surface area contributed by atoms with Gasteiger partial charge in [0.05, 0.1) is 18.5 Å². The summed E-state index contributed by atoms with van der Waals surface area (Å²) in [6.45, 7) is 3.07. The number of hydrogen-bond donors (Lipinski definition) is 2. The molecule has 0 spiro atoms. The maximum atomic E-state index is 12.9. The first-order valence-corrected chi connectivity index (χ1v) is 10.9. The van der Waals surface area contributed by atoms with E-state index in [1.165, 1.54) is 38.4 Å². The molecule has 2 N–H and O–H groups in total. The average molecular weight is 514 g/mol. The quantitative estimate of drug-likeness (QED) is 0.384. The molecular weight excluding hydrogens is 493 g/mol. The number of nitrogens with one attached hydrogen (secondary N) is 2. The number of pyridine rings is 1. The number of hydrogen-bond acceptors (Lipinski definition) is 7. The van der Waals surface area contributed by atoms with Gasteiger partial charge in [-0.05, 0) is 42.8 Å². The van der Waals surface area contributed by atoms with Crippen molar-refractivity contribution in [1.29, 1.82) is 0 Å². The Bertz CT molecular complexity index is 1490. The number of rotatable bonds is 7. The Balaban J connectivity index is 1.58. The maximum Gasteiger partial charge on any atom is 0.573 e. The van der Waals surface area contributed by atoms with Crippen molar-refractivity contribution in [2.45, 2.75) is 26.8 Å². The number of halogens is 3. The van der Waals surface area contributed by atoms with E-state index in [2.05, 4.69) is 30.4 Å². The SMILES string of the molecule is COc1ncc(-c2ccc3nc(NC(C)=O)c(C)n3n2)cc1C(=O)NCc1cccc(OC(F)(F)F)c1. The molecule has 0 saturated carbocycles. The van der Waals surface area contributed by atoms with Gasteiger partial charge in [0.25, 0.3) is 5.91 Å². The standard InChI is InChI=1S/C24H21F3N6O4/c1-13-21(30-14(2)34)31-20-8-7-19(32-33(13)20)16-10-18(23(36-3)29-12-16)22(35)28-11-15-5-4-6-17(9-15)37-24(25,26)27/h4-10,12H,11H2,1-3H3,(H,28,35)(H,30,34). The fourth-order valence-electron chi connectivity index (χ4n) is 3.53. The number of carbonyl (C=O) groups is 2. The molecule has 0 unspecified atom stereocenters. The number of aryl methyl sites for hydroxylation is 1. The van der Waals surface area contributed by atoms with Gasteiger partial charge in [-0.3, -0.25) is 9.59 Å². The summed E-state index contributed by atoms with van der Waals surface area (Å²) in [7, 11) is 1.36. The number of carbonyl (C=O) groups excluding carboxylic acids is 2. The van der Waals surface area contributed by atoms with Crippen LogP contribution in [0.4, 0.5) is 19.0 Å². The predicted molar refractivity (Wildman–Crippen MR) is 126 cm³/mol. The molecule has 0 radical (unpaired) electrons. The second kappa shape index (κ2) is 10.1. The molecule has 37 heavy (non-hydrogen) atoms. The number of alkyl halides is 3. The molecule has 1 aromatic carbocycles. The summed E-state index contributed by atoms with van der Waals surface area (Å²) < 4.78 is 48.2. The molecule has 3 aromatic heterocycles. The van der Waals surface area contributed by atoms with Crippen LogP contribution < -0.4 is 20.1 Å². The Hall–Kier alpha value is -4.68. The van der Waals surface area contributed by atoms with E-state index in [-0.39, 0.29) is 23.9 Å². The van der Waals surface area contributed by atoms with Crippen LogP contribution in [0.25, 0.3) is 16.9 Å². The molecule has 4 rings (SSSR count). The van der Waals surface area contributed by atoms with E-state index in [0.29, 0.717) is 34.0 Å². The molecule has 0 saturated heterocycles. The van der Waals surface area contributed by atoms with Gasteiger partial charge in [0.1, 0.15) is 11.3 Å². The van der Waals surface area contributed by atoms with Crippen molar-refractivity contribution in [1.82, 2.24) is 24.9 Å². The number of fused-ring (bicyclic) bond motifs is 1. The second-order valence-electron chi connectivity index (χ2n) is 7.87. The van der Waals surface area contributed by atoms with Crippen molar-refractivity contribution in [3.63, 3.8) is 0 Å². The smallest absolute Gasteiger partial charge is 0.480 e. The third-order valence-corrected chi connectivity index (χ3v) is 5.17. The number of benzene rings is 1.